The number of rotatable bonds is 26. The largest absolute Gasteiger partial charge is 0.481 e. The molecule has 11 atom stereocenters. The second-order valence-corrected chi connectivity index (χ2v) is 12.0. The predicted octanol–water partition coefficient (Wildman–Crippen LogP) is -6.76. The van der Waals surface area contributed by atoms with Crippen molar-refractivity contribution in [2.24, 2.45) is 5.92 Å². The van der Waals surface area contributed by atoms with Crippen LogP contribution in [0.2, 0.25) is 0 Å². The van der Waals surface area contributed by atoms with Crippen molar-refractivity contribution >= 4 is 54.2 Å². The van der Waals surface area contributed by atoms with Gasteiger partial charge in [-0.1, -0.05) is 6.92 Å². The van der Waals surface area contributed by atoms with E-state index in [1.807, 2.05) is 5.32 Å². The summed E-state index contributed by atoms with van der Waals surface area (Å²) >= 11 is 3.79. The van der Waals surface area contributed by atoms with Gasteiger partial charge in [-0.25, -0.2) is 4.79 Å². The number of aliphatic hydroxyl groups is 8. The Morgan fingerprint density at radius 1 is 0.569 bits per heavy atom. The Hall–Kier alpha value is -3.68. The van der Waals surface area contributed by atoms with Crippen molar-refractivity contribution < 1.29 is 89.7 Å². The first-order valence-corrected chi connectivity index (χ1v) is 16.1. The van der Waals surface area contributed by atoms with Crippen LogP contribution in [0.5, 0.6) is 0 Å². The van der Waals surface area contributed by atoms with E-state index in [9.17, 15) is 79.5 Å². The van der Waals surface area contributed by atoms with Crippen LogP contribution in [-0.2, 0) is 33.6 Å². The quantitative estimate of drug-likeness (QED) is 0.0364. The highest BCUT2D eigenvalue weighted by Crippen LogP contribution is 2.14. The Balaban J connectivity index is 6.34. The number of aliphatic hydroxyl groups excluding tert-OH is 8. The minimum Gasteiger partial charge on any atom is -0.481 e. The molecule has 0 saturated heterocycles. The van der Waals surface area contributed by atoms with Gasteiger partial charge in [0.25, 0.3) is 0 Å². The van der Waals surface area contributed by atoms with Gasteiger partial charge in [-0.15, -0.1) is 0 Å². The highest BCUT2D eigenvalue weighted by molar-refractivity contribution is 7.80. The summed E-state index contributed by atoms with van der Waals surface area (Å²) in [6.45, 7) is -0.831. The predicted molar refractivity (Wildman–Crippen MR) is 172 cm³/mol. The van der Waals surface area contributed by atoms with Gasteiger partial charge < -0.3 is 77.4 Å². The summed E-state index contributed by atoms with van der Waals surface area (Å²) in [4.78, 5) is 85.4. The van der Waals surface area contributed by atoms with Crippen LogP contribution in [0.25, 0.3) is 0 Å². The van der Waals surface area contributed by atoms with Gasteiger partial charge in [0, 0.05) is 37.4 Å². The van der Waals surface area contributed by atoms with Gasteiger partial charge in [-0.3, -0.25) is 28.8 Å². The molecule has 22 nitrogen and oxygen atoms in total. The van der Waals surface area contributed by atoms with Gasteiger partial charge in [0.15, 0.2) is 0 Å². The summed E-state index contributed by atoms with van der Waals surface area (Å²) in [5, 5.41) is 116. The number of carboxylic acid groups (broad SMARTS) is 3. The van der Waals surface area contributed by atoms with E-state index >= 15 is 0 Å². The summed E-state index contributed by atoms with van der Waals surface area (Å²) in [5.74, 6) is -10.1. The molecule has 15 N–H and O–H groups in total. The molecule has 0 aromatic heterocycles. The molecular formula is C28H48N4O18S. The molecule has 0 bridgehead atoms. The van der Waals surface area contributed by atoms with E-state index in [-0.39, 0.29) is 12.2 Å². The highest BCUT2D eigenvalue weighted by atomic mass is 32.1. The number of carbonyl (C=O) groups excluding carboxylic acids is 4. The molecule has 0 aromatic rings. The maximum atomic E-state index is 13.4. The van der Waals surface area contributed by atoms with Crippen molar-refractivity contribution in [2.75, 3.05) is 19.0 Å². The normalized spacial score (nSPS) is 17.8. The monoisotopic (exact) mass is 760 g/mol. The second-order valence-electron chi connectivity index (χ2n) is 11.6. The van der Waals surface area contributed by atoms with Crippen LogP contribution in [0, 0.1) is 5.92 Å². The lowest BCUT2D eigenvalue weighted by molar-refractivity contribution is -0.142. The Kier molecular flexibility index (Phi) is 22.0. The summed E-state index contributed by atoms with van der Waals surface area (Å²) in [5.41, 5.74) is 0. The lowest BCUT2D eigenvalue weighted by Crippen LogP contribution is -2.59. The Morgan fingerprint density at radius 3 is 1.33 bits per heavy atom. The van der Waals surface area contributed by atoms with Crippen LogP contribution in [0.3, 0.4) is 0 Å². The smallest absolute Gasteiger partial charge is 0.327 e. The maximum absolute atomic E-state index is 13.4. The number of nitrogens with one attached hydrogen (secondary N) is 4. The zero-order valence-electron chi connectivity index (χ0n) is 27.4. The number of carbonyl (C=O) groups is 7. The summed E-state index contributed by atoms with van der Waals surface area (Å²) < 4.78 is 0. The summed E-state index contributed by atoms with van der Waals surface area (Å²) in [6.07, 6.45) is -16.7. The van der Waals surface area contributed by atoms with Crippen LogP contribution in [-0.4, -0.2) is 177 Å². The number of thiol groups is 1. The number of aliphatic carboxylic acids is 3. The molecule has 0 radical (unpaired) electrons. The molecule has 0 aliphatic rings. The molecule has 51 heavy (non-hydrogen) atoms. The fourth-order valence-electron chi connectivity index (χ4n) is 4.37. The van der Waals surface area contributed by atoms with E-state index < -0.39 is 154 Å². The van der Waals surface area contributed by atoms with Gasteiger partial charge in [-0.2, -0.15) is 12.6 Å². The zero-order chi connectivity index (χ0) is 39.6. The van der Waals surface area contributed by atoms with Crippen molar-refractivity contribution in [2.45, 2.75) is 106 Å². The third-order valence-corrected chi connectivity index (χ3v) is 7.87. The lowest BCUT2D eigenvalue weighted by atomic mass is 9.96. The molecular weight excluding hydrogens is 712 g/mol. The Morgan fingerprint density at radius 2 is 0.961 bits per heavy atom. The van der Waals surface area contributed by atoms with E-state index in [2.05, 4.69) is 28.6 Å². The summed E-state index contributed by atoms with van der Waals surface area (Å²) in [7, 11) is 0. The van der Waals surface area contributed by atoms with Crippen LogP contribution in [0.15, 0.2) is 0 Å². The molecule has 294 valence electrons. The summed E-state index contributed by atoms with van der Waals surface area (Å²) in [6, 6.07) is -6.99. The van der Waals surface area contributed by atoms with Gasteiger partial charge in [0.2, 0.25) is 23.6 Å². The van der Waals surface area contributed by atoms with Crippen LogP contribution >= 0.6 is 12.6 Å². The third-order valence-electron chi connectivity index (χ3n) is 7.51. The van der Waals surface area contributed by atoms with E-state index in [0.717, 1.165) is 0 Å². The van der Waals surface area contributed by atoms with Gasteiger partial charge in [0.05, 0.1) is 25.3 Å². The molecule has 0 rings (SSSR count). The number of carboxylic acids is 3. The van der Waals surface area contributed by atoms with Crippen molar-refractivity contribution in [3.05, 3.63) is 0 Å². The fourth-order valence-corrected chi connectivity index (χ4v) is 4.62. The first kappa shape index (κ1) is 47.3. The Labute approximate surface area is 296 Å². The highest BCUT2D eigenvalue weighted by Gasteiger charge is 2.38. The number of hydrogen-bond donors (Lipinski definition) is 16. The van der Waals surface area contributed by atoms with Gasteiger partial charge in [-0.05, 0) is 12.8 Å². The van der Waals surface area contributed by atoms with Crippen molar-refractivity contribution in [3.8, 4) is 0 Å². The molecule has 0 aliphatic carbocycles. The van der Waals surface area contributed by atoms with E-state index in [4.69, 9.17) is 10.2 Å². The van der Waals surface area contributed by atoms with Crippen molar-refractivity contribution in [1.29, 1.82) is 0 Å². The minimum absolute atomic E-state index is 0.184. The lowest BCUT2D eigenvalue weighted by Gasteiger charge is -2.32. The van der Waals surface area contributed by atoms with Gasteiger partial charge in [0.1, 0.15) is 48.7 Å². The first-order chi connectivity index (χ1) is 23.7. The molecule has 0 aromatic carbocycles. The Bertz CT molecular complexity index is 1180. The molecule has 4 amide bonds. The molecule has 0 fully saturated rings. The van der Waals surface area contributed by atoms with Crippen molar-refractivity contribution in [1.82, 2.24) is 21.3 Å². The molecule has 0 spiro atoms. The average molecular weight is 761 g/mol. The van der Waals surface area contributed by atoms with Crippen LogP contribution in [0.1, 0.15) is 45.4 Å². The zero-order valence-corrected chi connectivity index (χ0v) is 28.3. The third kappa shape index (κ3) is 17.4. The molecule has 0 aliphatic heterocycles. The molecule has 0 saturated carbocycles. The SMILES string of the molecule is C[C@@H](CCC(=O)O)C(=O)NC(CC(=O)N[C@@H](CCC(=O)O)C(=O)N[C@H](CC(=O)N[C@@H](CS)C(=O)O)[C@@H](O)[C@H](O)[C@H](O)CO)[C@@H](O)[C@H](O)[C@H](O)CO. The van der Waals surface area contributed by atoms with Crippen LogP contribution in [0.4, 0.5) is 0 Å². The van der Waals surface area contributed by atoms with E-state index in [1.54, 1.807) is 0 Å². The second kappa shape index (κ2) is 23.7. The average Bonchev–Trinajstić information content (AvgIpc) is 3.07. The van der Waals surface area contributed by atoms with Gasteiger partial charge >= 0.3 is 17.9 Å². The number of amides is 4. The maximum Gasteiger partial charge on any atom is 0.327 e. The topological polar surface area (TPSA) is 390 Å². The standard InChI is InChI=1S/C28H48N4O18S/c1-11(2-4-20(39)40)26(47)31-13(22(43)24(45)16(35)8-33)6-18(37)29-12(3-5-21(41)42)27(48)32-14(23(44)25(46)17(36)9-34)7-19(38)30-15(10-51)28(49)50/h11-17,22-25,33-36,43-46,51H,2-10H2,1H3,(H,29,37)(H,30,38)(H,31,47)(H,32,48)(H,39,40)(H,41,42)(H,49,50)/t11-,12-,13?,14+,15-,16+,17+,22+,23+,24+,25+/m0/s1. The fraction of sp³-hybridized carbons (Fsp3) is 0.750. The number of hydrogen-bond acceptors (Lipinski definition) is 16. The van der Waals surface area contributed by atoms with Crippen molar-refractivity contribution in [3.63, 3.8) is 0 Å². The first-order valence-electron chi connectivity index (χ1n) is 15.5. The molecule has 23 heteroatoms. The molecule has 0 heterocycles. The minimum atomic E-state index is -2.23. The van der Waals surface area contributed by atoms with Crippen LogP contribution < -0.4 is 21.3 Å². The van der Waals surface area contributed by atoms with E-state index in [0.29, 0.717) is 0 Å². The van der Waals surface area contributed by atoms with E-state index in [1.165, 1.54) is 6.92 Å². The molecule has 1 unspecified atom stereocenters.